The van der Waals surface area contributed by atoms with E-state index in [1.807, 2.05) is 0 Å². The van der Waals surface area contributed by atoms with E-state index in [4.69, 9.17) is 4.74 Å². The van der Waals surface area contributed by atoms with Gasteiger partial charge in [0, 0.05) is 0 Å². The highest BCUT2D eigenvalue weighted by Crippen LogP contribution is 2.51. The Balaban J connectivity index is 1.94. The molecule has 0 spiro atoms. The van der Waals surface area contributed by atoms with Gasteiger partial charge in [0.25, 0.3) is 0 Å². The van der Waals surface area contributed by atoms with Crippen molar-refractivity contribution >= 4 is 0 Å². The first-order chi connectivity index (χ1) is 15.7. The maximum absolute atomic E-state index is 10.5. The van der Waals surface area contributed by atoms with E-state index >= 15 is 0 Å². The molecule has 0 saturated carbocycles. The molecule has 3 atom stereocenters. The summed E-state index contributed by atoms with van der Waals surface area (Å²) in [6, 6.07) is 0. The fourth-order valence-corrected chi connectivity index (χ4v) is 5.57. The van der Waals surface area contributed by atoms with Gasteiger partial charge in [0.05, 0.1) is 11.7 Å². The van der Waals surface area contributed by atoms with Crippen LogP contribution in [0.2, 0.25) is 0 Å². The first-order valence-electron chi connectivity index (χ1n) is 13.8. The maximum atomic E-state index is 10.5. The van der Waals surface area contributed by atoms with E-state index in [2.05, 4.69) is 66.7 Å². The van der Waals surface area contributed by atoms with Gasteiger partial charge in [-0.25, -0.2) is 0 Å². The van der Waals surface area contributed by atoms with Crippen LogP contribution in [0.3, 0.4) is 0 Å². The topological polar surface area (TPSA) is 29.5 Å². The molecule has 33 heavy (non-hydrogen) atoms. The number of allylic oxidation sites excluding steroid dienone is 4. The Morgan fingerprint density at radius 2 is 1.67 bits per heavy atom. The van der Waals surface area contributed by atoms with Crippen LogP contribution in [0.4, 0.5) is 0 Å². The van der Waals surface area contributed by atoms with Gasteiger partial charge in [-0.15, -0.1) is 0 Å². The van der Waals surface area contributed by atoms with Crippen LogP contribution in [0.1, 0.15) is 132 Å². The van der Waals surface area contributed by atoms with Crippen molar-refractivity contribution in [1.29, 1.82) is 0 Å². The van der Waals surface area contributed by atoms with Crippen LogP contribution in [0, 0.1) is 0 Å². The monoisotopic (exact) mass is 456 g/mol. The predicted molar refractivity (Wildman–Crippen MR) is 144 cm³/mol. The van der Waals surface area contributed by atoms with Crippen molar-refractivity contribution in [3.05, 3.63) is 46.1 Å². The molecule has 0 aromatic heterocycles. The second kappa shape index (κ2) is 13.1. The minimum Gasteiger partial charge on any atom is -0.385 e. The fraction of sp³-hybridized carbons (Fsp3) is 0.742. The quantitative estimate of drug-likeness (QED) is 0.221. The van der Waals surface area contributed by atoms with Gasteiger partial charge >= 0.3 is 0 Å². The van der Waals surface area contributed by atoms with Gasteiger partial charge in [0.2, 0.25) is 0 Å². The van der Waals surface area contributed by atoms with Gasteiger partial charge in [-0.05, 0) is 115 Å². The SMILES string of the molecule is CCCC/C=C(\C)CC/C=C(\C)CCCC1(C)CCC2=CC(O)C(C)=C(C)C2(CCCC)O1. The smallest absolute Gasteiger partial charge is 0.111 e. The molecule has 1 N–H and O–H groups in total. The number of hydrogen-bond acceptors (Lipinski definition) is 2. The van der Waals surface area contributed by atoms with Crippen LogP contribution in [0.15, 0.2) is 46.1 Å². The summed E-state index contributed by atoms with van der Waals surface area (Å²) in [6.45, 7) is 15.7. The first-order valence-corrected chi connectivity index (χ1v) is 13.8. The highest BCUT2D eigenvalue weighted by atomic mass is 16.5. The molecule has 1 saturated heterocycles. The van der Waals surface area contributed by atoms with Crippen molar-refractivity contribution in [2.24, 2.45) is 0 Å². The summed E-state index contributed by atoms with van der Waals surface area (Å²) in [6.07, 6.45) is 21.6. The molecule has 2 aliphatic rings. The van der Waals surface area contributed by atoms with Crippen molar-refractivity contribution in [1.82, 2.24) is 0 Å². The molecule has 1 fully saturated rings. The molecule has 0 aromatic rings. The van der Waals surface area contributed by atoms with Crippen LogP contribution in [-0.2, 0) is 4.74 Å². The summed E-state index contributed by atoms with van der Waals surface area (Å²) in [5, 5.41) is 10.5. The zero-order valence-corrected chi connectivity index (χ0v) is 22.9. The number of aliphatic hydroxyl groups is 1. The van der Waals surface area contributed by atoms with Gasteiger partial charge < -0.3 is 9.84 Å². The normalized spacial score (nSPS) is 28.7. The van der Waals surface area contributed by atoms with E-state index in [-0.39, 0.29) is 11.2 Å². The number of rotatable bonds is 13. The average Bonchev–Trinajstić information content (AvgIpc) is 2.77. The molecule has 2 rings (SSSR count). The van der Waals surface area contributed by atoms with E-state index in [9.17, 15) is 5.11 Å². The lowest BCUT2D eigenvalue weighted by molar-refractivity contribution is -0.146. The lowest BCUT2D eigenvalue weighted by atomic mass is 9.69. The third kappa shape index (κ3) is 7.69. The number of aliphatic hydroxyl groups excluding tert-OH is 1. The Bertz CT molecular complexity index is 753. The number of ether oxygens (including phenoxy) is 1. The van der Waals surface area contributed by atoms with Crippen molar-refractivity contribution in [3.8, 4) is 0 Å². The molecule has 2 heteroatoms. The summed E-state index contributed by atoms with van der Waals surface area (Å²) in [4.78, 5) is 0. The van der Waals surface area contributed by atoms with Crippen LogP contribution in [0.5, 0.6) is 0 Å². The van der Waals surface area contributed by atoms with Gasteiger partial charge in [0.15, 0.2) is 0 Å². The lowest BCUT2D eigenvalue weighted by Crippen LogP contribution is -2.51. The first kappa shape index (κ1) is 28.1. The largest absolute Gasteiger partial charge is 0.385 e. The van der Waals surface area contributed by atoms with Gasteiger partial charge in [0.1, 0.15) is 5.60 Å². The second-order valence-electron chi connectivity index (χ2n) is 11.1. The van der Waals surface area contributed by atoms with Crippen LogP contribution in [0.25, 0.3) is 0 Å². The van der Waals surface area contributed by atoms with E-state index < -0.39 is 6.10 Å². The summed E-state index contributed by atoms with van der Waals surface area (Å²) in [7, 11) is 0. The third-order valence-electron chi connectivity index (χ3n) is 8.10. The highest BCUT2D eigenvalue weighted by molar-refractivity contribution is 5.44. The lowest BCUT2D eigenvalue weighted by Gasteiger charge is -2.52. The molecule has 3 unspecified atom stereocenters. The molecule has 1 aliphatic heterocycles. The van der Waals surface area contributed by atoms with Gasteiger partial charge in [-0.1, -0.05) is 62.8 Å². The molecule has 0 radical (unpaired) electrons. The Hall–Kier alpha value is -1.12. The van der Waals surface area contributed by atoms with Crippen molar-refractivity contribution in [3.63, 3.8) is 0 Å². The Kier molecular flexibility index (Phi) is 11.2. The van der Waals surface area contributed by atoms with E-state index in [0.717, 1.165) is 50.5 Å². The third-order valence-corrected chi connectivity index (χ3v) is 8.10. The molecule has 2 nitrogen and oxygen atoms in total. The van der Waals surface area contributed by atoms with Crippen LogP contribution in [-0.4, -0.2) is 22.4 Å². The second-order valence-corrected chi connectivity index (χ2v) is 11.1. The summed E-state index contributed by atoms with van der Waals surface area (Å²) >= 11 is 0. The minimum atomic E-state index is -0.444. The fourth-order valence-electron chi connectivity index (χ4n) is 5.57. The van der Waals surface area contributed by atoms with Crippen LogP contribution >= 0.6 is 0 Å². The molecule has 1 aliphatic carbocycles. The molecular formula is C31H52O2. The minimum absolute atomic E-state index is 0.0895. The molecule has 0 aromatic carbocycles. The zero-order valence-electron chi connectivity index (χ0n) is 22.9. The van der Waals surface area contributed by atoms with Gasteiger partial charge in [-0.2, -0.15) is 0 Å². The Morgan fingerprint density at radius 3 is 2.36 bits per heavy atom. The van der Waals surface area contributed by atoms with Crippen molar-refractivity contribution in [2.45, 2.75) is 149 Å². The van der Waals surface area contributed by atoms with E-state index in [1.54, 1.807) is 0 Å². The number of unbranched alkanes of at least 4 members (excludes halogenated alkanes) is 3. The maximum Gasteiger partial charge on any atom is 0.111 e. The average molecular weight is 457 g/mol. The molecule has 0 bridgehead atoms. The molecular weight excluding hydrogens is 404 g/mol. The summed E-state index contributed by atoms with van der Waals surface area (Å²) in [5.41, 5.74) is 6.33. The number of hydrogen-bond donors (Lipinski definition) is 1. The Morgan fingerprint density at radius 1 is 1.00 bits per heavy atom. The zero-order chi connectivity index (χ0) is 24.5. The highest BCUT2D eigenvalue weighted by Gasteiger charge is 2.49. The van der Waals surface area contributed by atoms with E-state index in [0.29, 0.717) is 0 Å². The summed E-state index contributed by atoms with van der Waals surface area (Å²) < 4.78 is 7.08. The Labute approximate surface area is 205 Å². The molecule has 188 valence electrons. The van der Waals surface area contributed by atoms with Gasteiger partial charge in [-0.3, -0.25) is 0 Å². The van der Waals surface area contributed by atoms with Crippen molar-refractivity contribution < 1.29 is 9.84 Å². The predicted octanol–water partition coefficient (Wildman–Crippen LogP) is 9.16. The van der Waals surface area contributed by atoms with Crippen LogP contribution < -0.4 is 0 Å². The molecule has 0 amide bonds. The molecule has 1 heterocycles. The standard InChI is InChI=1S/C31H52O2/c1-8-10-12-15-24(3)16-13-17-25(4)18-14-20-30(7)22-19-28-23-29(32)26(5)27(6)31(28,33-30)21-11-9-2/h15,17,23,29,32H,8-14,16,18-22H2,1-7H3/b24-15+,25-17+. The number of fused-ring (bicyclic) bond motifs is 1. The van der Waals surface area contributed by atoms with E-state index in [1.165, 1.54) is 60.8 Å². The van der Waals surface area contributed by atoms with Crippen molar-refractivity contribution in [2.75, 3.05) is 0 Å². The summed E-state index contributed by atoms with van der Waals surface area (Å²) in [5.74, 6) is 0.